The maximum atomic E-state index is 6.13. The van der Waals surface area contributed by atoms with Gasteiger partial charge in [-0.1, -0.05) is 6.07 Å². The fourth-order valence-electron chi connectivity index (χ4n) is 3.50. The summed E-state index contributed by atoms with van der Waals surface area (Å²) >= 11 is 1.57. The summed E-state index contributed by atoms with van der Waals surface area (Å²) in [6.45, 7) is 1.83. The van der Waals surface area contributed by atoms with Crippen LogP contribution in [0.4, 0.5) is 5.82 Å². The Kier molecular flexibility index (Phi) is 4.06. The fourth-order valence-corrected chi connectivity index (χ4v) is 4.09. The molecule has 0 radical (unpaired) electrons. The molecule has 4 aromatic heterocycles. The van der Waals surface area contributed by atoms with E-state index in [2.05, 4.69) is 20.0 Å². The number of rotatable bonds is 3. The molecule has 0 bridgehead atoms. The van der Waals surface area contributed by atoms with Crippen molar-refractivity contribution in [1.29, 1.82) is 0 Å². The van der Waals surface area contributed by atoms with Gasteiger partial charge in [0.2, 0.25) is 0 Å². The lowest BCUT2D eigenvalue weighted by Crippen LogP contribution is -2.43. The Bertz CT molecular complexity index is 1070. The summed E-state index contributed by atoms with van der Waals surface area (Å²) in [5.74, 6) is 1.74. The Balaban J connectivity index is 1.55. The highest BCUT2D eigenvalue weighted by Gasteiger charge is 2.18. The summed E-state index contributed by atoms with van der Waals surface area (Å²) in [5.41, 5.74) is 9.82. The van der Waals surface area contributed by atoms with Crippen molar-refractivity contribution in [1.82, 2.24) is 24.7 Å². The molecule has 0 aliphatic carbocycles. The minimum atomic E-state index is 0.211. The molecule has 5 heterocycles. The number of thiazole rings is 1. The first-order chi connectivity index (χ1) is 13.3. The van der Waals surface area contributed by atoms with E-state index in [9.17, 15) is 0 Å². The molecule has 0 aromatic carbocycles. The predicted molar refractivity (Wildman–Crippen MR) is 107 cm³/mol. The first-order valence-corrected chi connectivity index (χ1v) is 9.86. The van der Waals surface area contributed by atoms with Gasteiger partial charge in [0.25, 0.3) is 0 Å². The van der Waals surface area contributed by atoms with E-state index in [0.29, 0.717) is 0 Å². The van der Waals surface area contributed by atoms with Gasteiger partial charge in [0.05, 0.1) is 27.8 Å². The van der Waals surface area contributed by atoms with Gasteiger partial charge in [-0.15, -0.1) is 11.3 Å². The highest BCUT2D eigenvalue weighted by atomic mass is 32.1. The standard InChI is InChI=1S/C19H19N7S/c20-14-3-2-6-25(11-14)18-4-1-5-19(24-18)26-16-7-15(17-10-21-12-27-17)22-8-13(16)9-23-26/h1,4-5,7-10,12,14H,2-3,6,11,20H2/t14-/m1/s1. The molecule has 0 amide bonds. The average Bonchev–Trinajstić information content (AvgIpc) is 3.37. The molecule has 136 valence electrons. The van der Waals surface area contributed by atoms with Crippen molar-refractivity contribution in [3.05, 3.63) is 48.4 Å². The van der Waals surface area contributed by atoms with Crippen LogP contribution in [0.25, 0.3) is 27.3 Å². The zero-order valence-electron chi connectivity index (χ0n) is 14.7. The normalized spacial score (nSPS) is 17.5. The van der Waals surface area contributed by atoms with Crippen molar-refractivity contribution in [2.45, 2.75) is 18.9 Å². The number of nitrogens with two attached hydrogens (primary N) is 1. The average molecular weight is 377 g/mol. The number of fused-ring (bicyclic) bond motifs is 1. The number of aromatic nitrogens is 5. The quantitative estimate of drug-likeness (QED) is 0.591. The second-order valence-corrected chi connectivity index (χ2v) is 7.64. The SMILES string of the molecule is N[C@@H]1CCCN(c2cccc(-n3ncc4cnc(-c5cncs5)cc43)n2)C1. The second-order valence-electron chi connectivity index (χ2n) is 6.75. The van der Waals surface area contributed by atoms with E-state index in [0.717, 1.165) is 59.0 Å². The highest BCUT2D eigenvalue weighted by Crippen LogP contribution is 2.26. The smallest absolute Gasteiger partial charge is 0.156 e. The van der Waals surface area contributed by atoms with Crippen molar-refractivity contribution < 1.29 is 0 Å². The van der Waals surface area contributed by atoms with E-state index in [1.54, 1.807) is 11.3 Å². The zero-order chi connectivity index (χ0) is 18.2. The van der Waals surface area contributed by atoms with Crippen molar-refractivity contribution in [2.75, 3.05) is 18.0 Å². The lowest BCUT2D eigenvalue weighted by molar-refractivity contribution is 0.503. The van der Waals surface area contributed by atoms with E-state index in [1.807, 2.05) is 53.0 Å². The monoisotopic (exact) mass is 377 g/mol. The summed E-state index contributed by atoms with van der Waals surface area (Å²) in [7, 11) is 0. The summed E-state index contributed by atoms with van der Waals surface area (Å²) in [6, 6.07) is 8.30. The van der Waals surface area contributed by atoms with Crippen LogP contribution >= 0.6 is 11.3 Å². The van der Waals surface area contributed by atoms with E-state index in [4.69, 9.17) is 10.7 Å². The summed E-state index contributed by atoms with van der Waals surface area (Å²) < 4.78 is 1.87. The molecule has 0 saturated carbocycles. The maximum absolute atomic E-state index is 6.13. The molecule has 5 rings (SSSR count). The third kappa shape index (κ3) is 3.07. The number of anilines is 1. The van der Waals surface area contributed by atoms with Crippen LogP contribution in [0, 0.1) is 0 Å². The molecule has 1 atom stereocenters. The van der Waals surface area contributed by atoms with Gasteiger partial charge in [-0.3, -0.25) is 9.97 Å². The third-order valence-corrected chi connectivity index (χ3v) is 5.65. The number of piperidine rings is 1. The molecular formula is C19H19N7S. The Hall–Kier alpha value is -2.84. The molecule has 7 nitrogen and oxygen atoms in total. The molecule has 27 heavy (non-hydrogen) atoms. The van der Waals surface area contributed by atoms with Gasteiger partial charge in [-0.25, -0.2) is 9.67 Å². The minimum absolute atomic E-state index is 0.211. The molecule has 8 heteroatoms. The van der Waals surface area contributed by atoms with Crippen LogP contribution in [0.1, 0.15) is 12.8 Å². The van der Waals surface area contributed by atoms with Crippen LogP contribution in [0.3, 0.4) is 0 Å². The van der Waals surface area contributed by atoms with Gasteiger partial charge in [0, 0.05) is 36.9 Å². The predicted octanol–water partition coefficient (Wildman–Crippen LogP) is 2.87. The van der Waals surface area contributed by atoms with Gasteiger partial charge >= 0.3 is 0 Å². The Morgan fingerprint density at radius 1 is 1.15 bits per heavy atom. The Morgan fingerprint density at radius 2 is 2.07 bits per heavy atom. The number of hydrogen-bond acceptors (Lipinski definition) is 7. The molecule has 0 spiro atoms. The van der Waals surface area contributed by atoms with Gasteiger partial charge in [0.15, 0.2) is 5.82 Å². The molecule has 4 aromatic rings. The van der Waals surface area contributed by atoms with Crippen LogP contribution in [0.5, 0.6) is 0 Å². The maximum Gasteiger partial charge on any atom is 0.156 e. The van der Waals surface area contributed by atoms with Crippen LogP contribution in [0.15, 0.2) is 48.4 Å². The fraction of sp³-hybridized carbons (Fsp3) is 0.263. The van der Waals surface area contributed by atoms with Crippen molar-refractivity contribution in [3.8, 4) is 16.4 Å². The van der Waals surface area contributed by atoms with Crippen molar-refractivity contribution in [2.24, 2.45) is 5.73 Å². The third-order valence-electron chi connectivity index (χ3n) is 4.86. The summed E-state index contributed by atoms with van der Waals surface area (Å²) in [6.07, 6.45) is 7.68. The first-order valence-electron chi connectivity index (χ1n) is 8.98. The van der Waals surface area contributed by atoms with Gasteiger partial charge < -0.3 is 10.6 Å². The summed E-state index contributed by atoms with van der Waals surface area (Å²) in [4.78, 5) is 16.8. The molecule has 1 saturated heterocycles. The van der Waals surface area contributed by atoms with Crippen LogP contribution in [-0.4, -0.2) is 43.9 Å². The minimum Gasteiger partial charge on any atom is -0.355 e. The van der Waals surface area contributed by atoms with Gasteiger partial charge in [-0.05, 0) is 31.0 Å². The lowest BCUT2D eigenvalue weighted by atomic mass is 10.1. The van der Waals surface area contributed by atoms with E-state index in [-0.39, 0.29) is 6.04 Å². The van der Waals surface area contributed by atoms with Crippen molar-refractivity contribution in [3.63, 3.8) is 0 Å². The molecule has 0 unspecified atom stereocenters. The number of nitrogens with zero attached hydrogens (tertiary/aromatic N) is 6. The van der Waals surface area contributed by atoms with Gasteiger partial charge in [-0.2, -0.15) is 5.10 Å². The Labute approximate surface area is 160 Å². The molecule has 2 N–H and O–H groups in total. The van der Waals surface area contributed by atoms with Gasteiger partial charge in [0.1, 0.15) is 5.82 Å². The lowest BCUT2D eigenvalue weighted by Gasteiger charge is -2.31. The van der Waals surface area contributed by atoms with E-state index in [1.165, 1.54) is 0 Å². The first kappa shape index (κ1) is 16.3. The molecular weight excluding hydrogens is 358 g/mol. The highest BCUT2D eigenvalue weighted by molar-refractivity contribution is 7.13. The molecule has 1 fully saturated rings. The van der Waals surface area contributed by atoms with Crippen LogP contribution < -0.4 is 10.6 Å². The zero-order valence-corrected chi connectivity index (χ0v) is 15.5. The van der Waals surface area contributed by atoms with Crippen molar-refractivity contribution >= 4 is 28.1 Å². The largest absolute Gasteiger partial charge is 0.355 e. The van der Waals surface area contributed by atoms with Crippen LogP contribution in [0.2, 0.25) is 0 Å². The molecule has 1 aliphatic rings. The Morgan fingerprint density at radius 3 is 2.93 bits per heavy atom. The summed E-state index contributed by atoms with van der Waals surface area (Å²) in [5, 5.41) is 5.53. The van der Waals surface area contributed by atoms with E-state index < -0.39 is 0 Å². The molecule has 1 aliphatic heterocycles. The number of hydrogen-bond donors (Lipinski definition) is 1. The number of pyridine rings is 2. The second kappa shape index (κ2) is 6.71. The van der Waals surface area contributed by atoms with E-state index >= 15 is 0 Å². The topological polar surface area (TPSA) is 85.8 Å². The van der Waals surface area contributed by atoms with Crippen LogP contribution in [-0.2, 0) is 0 Å².